The number of carbonyl (C=O) groups is 2. The lowest BCUT2D eigenvalue weighted by atomic mass is 10.00. The third-order valence-electron chi connectivity index (χ3n) is 5.21. The van der Waals surface area contributed by atoms with Crippen molar-refractivity contribution < 1.29 is 14.3 Å². The van der Waals surface area contributed by atoms with Crippen LogP contribution < -0.4 is 10.5 Å². The summed E-state index contributed by atoms with van der Waals surface area (Å²) in [7, 11) is 0. The molecule has 2 aromatic rings. The number of aromatic amines is 1. The zero-order valence-electron chi connectivity index (χ0n) is 15.1. The highest BCUT2D eigenvalue weighted by Crippen LogP contribution is 2.32. The van der Waals surface area contributed by atoms with Crippen LogP contribution in [0.5, 0.6) is 0 Å². The molecular formula is C20H21N3O4. The van der Waals surface area contributed by atoms with Crippen molar-refractivity contribution in [3.8, 4) is 0 Å². The van der Waals surface area contributed by atoms with Crippen molar-refractivity contribution in [2.75, 3.05) is 31.1 Å². The van der Waals surface area contributed by atoms with E-state index < -0.39 is 5.60 Å². The van der Waals surface area contributed by atoms with Gasteiger partial charge in [-0.1, -0.05) is 18.2 Å². The van der Waals surface area contributed by atoms with E-state index in [1.165, 1.54) is 0 Å². The molecule has 1 atom stereocenters. The van der Waals surface area contributed by atoms with E-state index in [1.54, 1.807) is 28.9 Å². The van der Waals surface area contributed by atoms with Gasteiger partial charge in [0, 0.05) is 17.9 Å². The van der Waals surface area contributed by atoms with Crippen LogP contribution in [-0.2, 0) is 9.53 Å². The number of nitrogens with zero attached hydrogens (tertiary/aromatic N) is 2. The number of likely N-dealkylation sites (tertiary alicyclic amines) is 1. The van der Waals surface area contributed by atoms with E-state index in [-0.39, 0.29) is 29.5 Å². The third-order valence-corrected chi connectivity index (χ3v) is 5.21. The maximum atomic E-state index is 12.8. The summed E-state index contributed by atoms with van der Waals surface area (Å²) in [6.45, 7) is 3.00. The molecule has 27 heavy (non-hydrogen) atoms. The first-order valence-corrected chi connectivity index (χ1v) is 8.96. The fraction of sp³-hybridized carbons (Fsp3) is 0.350. The molecule has 140 valence electrons. The van der Waals surface area contributed by atoms with Crippen molar-refractivity contribution in [2.45, 2.75) is 18.9 Å². The Morgan fingerprint density at radius 1 is 1.11 bits per heavy atom. The minimum Gasteiger partial charge on any atom is -0.361 e. The first-order valence-electron chi connectivity index (χ1n) is 8.96. The second kappa shape index (κ2) is 6.66. The lowest BCUT2D eigenvalue weighted by molar-refractivity contribution is -0.137. The van der Waals surface area contributed by atoms with Crippen LogP contribution in [0, 0.1) is 6.92 Å². The van der Waals surface area contributed by atoms with Gasteiger partial charge in [-0.3, -0.25) is 14.4 Å². The van der Waals surface area contributed by atoms with E-state index in [1.807, 2.05) is 30.3 Å². The van der Waals surface area contributed by atoms with E-state index in [0.29, 0.717) is 31.7 Å². The molecule has 3 heterocycles. The highest BCUT2D eigenvalue weighted by molar-refractivity contribution is 5.96. The molecule has 0 radical (unpaired) electrons. The minimum atomic E-state index is -0.600. The molecule has 4 rings (SSSR count). The third kappa shape index (κ3) is 3.26. The van der Waals surface area contributed by atoms with Crippen LogP contribution in [0.4, 0.5) is 5.69 Å². The Kier molecular flexibility index (Phi) is 4.31. The Labute approximate surface area is 156 Å². The second-order valence-electron chi connectivity index (χ2n) is 7.15. The van der Waals surface area contributed by atoms with Gasteiger partial charge in [0.25, 0.3) is 17.4 Å². The molecule has 2 amide bonds. The van der Waals surface area contributed by atoms with Gasteiger partial charge in [0.15, 0.2) is 0 Å². The smallest absolute Gasteiger partial charge is 0.260 e. The lowest BCUT2D eigenvalue weighted by Crippen LogP contribution is -2.56. The Morgan fingerprint density at radius 3 is 2.63 bits per heavy atom. The molecule has 2 aliphatic rings. The number of para-hydroxylation sites is 1. The molecule has 7 heteroatoms. The number of carbonyl (C=O) groups excluding carboxylic acids is 2. The predicted molar refractivity (Wildman–Crippen MR) is 99.8 cm³/mol. The topological polar surface area (TPSA) is 82.7 Å². The molecule has 0 saturated carbocycles. The summed E-state index contributed by atoms with van der Waals surface area (Å²) < 4.78 is 5.89. The Bertz CT molecular complexity index is 940. The number of hydrogen-bond acceptors (Lipinski definition) is 4. The maximum Gasteiger partial charge on any atom is 0.260 e. The summed E-state index contributed by atoms with van der Waals surface area (Å²) in [4.78, 5) is 43.2. The number of ether oxygens (including phenoxy) is 1. The van der Waals surface area contributed by atoms with Crippen LogP contribution in [0.15, 0.2) is 47.3 Å². The summed E-state index contributed by atoms with van der Waals surface area (Å²) in [6.07, 6.45) is 0.624. The monoisotopic (exact) mass is 367 g/mol. The molecule has 2 fully saturated rings. The number of aryl methyl sites for hydroxylation is 1. The van der Waals surface area contributed by atoms with E-state index >= 15 is 0 Å². The van der Waals surface area contributed by atoms with Crippen LogP contribution >= 0.6 is 0 Å². The van der Waals surface area contributed by atoms with Crippen LogP contribution in [0.25, 0.3) is 0 Å². The highest BCUT2D eigenvalue weighted by atomic mass is 16.5. The zero-order chi connectivity index (χ0) is 19.0. The normalized spacial score (nSPS) is 22.5. The van der Waals surface area contributed by atoms with Gasteiger partial charge in [-0.2, -0.15) is 0 Å². The summed E-state index contributed by atoms with van der Waals surface area (Å²) in [6, 6.07) is 12.7. The molecule has 2 saturated heterocycles. The van der Waals surface area contributed by atoms with Crippen molar-refractivity contribution in [1.29, 1.82) is 0 Å². The van der Waals surface area contributed by atoms with Gasteiger partial charge in [0.1, 0.15) is 17.8 Å². The lowest BCUT2D eigenvalue weighted by Gasteiger charge is -2.40. The zero-order valence-corrected chi connectivity index (χ0v) is 15.1. The fourth-order valence-electron chi connectivity index (χ4n) is 3.73. The molecule has 1 spiro atoms. The highest BCUT2D eigenvalue weighted by Gasteiger charge is 2.46. The summed E-state index contributed by atoms with van der Waals surface area (Å²) >= 11 is 0. The molecule has 7 nitrogen and oxygen atoms in total. The summed E-state index contributed by atoms with van der Waals surface area (Å²) in [5.74, 6) is -0.397. The van der Waals surface area contributed by atoms with E-state index in [2.05, 4.69) is 4.98 Å². The number of nitrogens with one attached hydrogen (secondary N) is 1. The molecule has 2 aliphatic heterocycles. The first kappa shape index (κ1) is 17.5. The molecular weight excluding hydrogens is 346 g/mol. The van der Waals surface area contributed by atoms with E-state index in [4.69, 9.17) is 4.74 Å². The standard InChI is InChI=1S/C20H21N3O4/c1-14-7-8-16(18(25)21-14)19(26)22-10-9-20(12-22)13-23(17(24)11-27-20)15-5-3-2-4-6-15/h2-8H,9-13H2,1H3,(H,21,25). The Morgan fingerprint density at radius 2 is 1.89 bits per heavy atom. The van der Waals surface area contributed by atoms with Crippen LogP contribution in [0.2, 0.25) is 0 Å². The van der Waals surface area contributed by atoms with Gasteiger partial charge in [0.2, 0.25) is 0 Å². The minimum absolute atomic E-state index is 0.0119. The van der Waals surface area contributed by atoms with Crippen LogP contribution in [-0.4, -0.2) is 53.5 Å². The largest absolute Gasteiger partial charge is 0.361 e. The van der Waals surface area contributed by atoms with Crippen LogP contribution in [0.1, 0.15) is 22.5 Å². The Balaban J connectivity index is 1.53. The van der Waals surface area contributed by atoms with E-state index in [9.17, 15) is 14.4 Å². The molecule has 1 aromatic heterocycles. The van der Waals surface area contributed by atoms with Crippen molar-refractivity contribution in [3.05, 3.63) is 64.1 Å². The van der Waals surface area contributed by atoms with Gasteiger partial charge < -0.3 is 19.5 Å². The number of anilines is 1. The van der Waals surface area contributed by atoms with Crippen molar-refractivity contribution in [2.24, 2.45) is 0 Å². The SMILES string of the molecule is Cc1ccc(C(=O)N2CCC3(C2)CN(c2ccccc2)C(=O)CO3)c(=O)[nH]1. The maximum absolute atomic E-state index is 12.8. The second-order valence-corrected chi connectivity index (χ2v) is 7.15. The van der Waals surface area contributed by atoms with Crippen LogP contribution in [0.3, 0.4) is 0 Å². The van der Waals surface area contributed by atoms with Crippen molar-refractivity contribution in [3.63, 3.8) is 0 Å². The average Bonchev–Trinajstić information content (AvgIpc) is 3.08. The quantitative estimate of drug-likeness (QED) is 0.868. The van der Waals surface area contributed by atoms with Gasteiger partial charge in [-0.05, 0) is 37.6 Å². The van der Waals surface area contributed by atoms with Crippen molar-refractivity contribution >= 4 is 17.5 Å². The number of benzene rings is 1. The Hall–Kier alpha value is -2.93. The molecule has 0 bridgehead atoms. The number of pyridine rings is 1. The van der Waals surface area contributed by atoms with Gasteiger partial charge in [0.05, 0.1) is 13.1 Å². The average molecular weight is 367 g/mol. The number of amides is 2. The predicted octanol–water partition coefficient (Wildman–Crippen LogP) is 1.33. The number of aromatic nitrogens is 1. The van der Waals surface area contributed by atoms with E-state index in [0.717, 1.165) is 5.69 Å². The summed E-state index contributed by atoms with van der Waals surface area (Å²) in [5, 5.41) is 0. The van der Waals surface area contributed by atoms with Crippen molar-refractivity contribution in [1.82, 2.24) is 9.88 Å². The number of H-pyrrole nitrogens is 1. The van der Waals surface area contributed by atoms with Gasteiger partial charge >= 0.3 is 0 Å². The number of hydrogen-bond donors (Lipinski definition) is 1. The first-order chi connectivity index (χ1) is 13.0. The van der Waals surface area contributed by atoms with Gasteiger partial charge in [-0.15, -0.1) is 0 Å². The molecule has 1 unspecified atom stereocenters. The summed E-state index contributed by atoms with van der Waals surface area (Å²) in [5.41, 5.74) is 0.680. The molecule has 1 aromatic carbocycles. The number of rotatable bonds is 2. The van der Waals surface area contributed by atoms with Gasteiger partial charge in [-0.25, -0.2) is 0 Å². The number of morpholine rings is 1. The molecule has 0 aliphatic carbocycles. The molecule has 1 N–H and O–H groups in total. The fourth-order valence-corrected chi connectivity index (χ4v) is 3.73.